The zero-order valence-corrected chi connectivity index (χ0v) is 23.6. The average Bonchev–Trinajstić information content (AvgIpc) is 3.33. The second-order valence-electron chi connectivity index (χ2n) is 9.42. The second-order valence-corrected chi connectivity index (χ2v) is 10.3. The number of benzene rings is 2. The molecule has 0 saturated carbocycles. The third kappa shape index (κ3) is 7.10. The molecule has 2 unspecified atom stereocenters. The number of nitrogens with one attached hydrogen (secondary N) is 1. The Hall–Kier alpha value is -3.56. The summed E-state index contributed by atoms with van der Waals surface area (Å²) in [6.07, 6.45) is 1.01. The Balaban J connectivity index is 1.66. The highest BCUT2D eigenvalue weighted by molar-refractivity contribution is 8.16. The zero-order chi connectivity index (χ0) is 27.8. The number of esters is 1. The normalized spacial score (nSPS) is 17.2. The average molecular weight is 550 g/mol. The van der Waals surface area contributed by atoms with Crippen LogP contribution in [0.2, 0.25) is 0 Å². The molecule has 4 rings (SSSR count). The fourth-order valence-corrected chi connectivity index (χ4v) is 5.31. The Morgan fingerprint density at radius 1 is 1.13 bits per heavy atom. The monoisotopic (exact) mass is 549 g/mol. The summed E-state index contributed by atoms with van der Waals surface area (Å²) in [5, 5.41) is 5.68. The number of amidine groups is 1. The van der Waals surface area contributed by atoms with Crippen molar-refractivity contribution < 1.29 is 23.8 Å². The van der Waals surface area contributed by atoms with Gasteiger partial charge in [0.1, 0.15) is 19.0 Å². The van der Waals surface area contributed by atoms with Crippen LogP contribution in [0.4, 0.5) is 0 Å². The first-order valence-corrected chi connectivity index (χ1v) is 14.0. The topological polar surface area (TPSA) is 89.5 Å². The van der Waals surface area contributed by atoms with Crippen LogP contribution in [0, 0.1) is 0 Å². The summed E-state index contributed by atoms with van der Waals surface area (Å²) >= 11 is 1.45. The summed E-state index contributed by atoms with van der Waals surface area (Å²) in [6.45, 7) is 6.67. The molecule has 0 saturated heterocycles. The van der Waals surface area contributed by atoms with E-state index in [1.54, 1.807) is 7.11 Å². The van der Waals surface area contributed by atoms with E-state index in [4.69, 9.17) is 19.2 Å². The van der Waals surface area contributed by atoms with Gasteiger partial charge in [0.15, 0.2) is 5.17 Å². The number of fused-ring (bicyclic) bond motifs is 1. The van der Waals surface area contributed by atoms with Crippen LogP contribution in [0.25, 0.3) is 0 Å². The number of allylic oxidation sites excluding steroid dienone is 1. The van der Waals surface area contributed by atoms with Crippen LogP contribution < -0.4 is 10.1 Å². The van der Waals surface area contributed by atoms with E-state index in [2.05, 4.69) is 5.32 Å². The van der Waals surface area contributed by atoms with Gasteiger partial charge in [-0.15, -0.1) is 0 Å². The molecule has 0 bridgehead atoms. The Morgan fingerprint density at radius 3 is 2.67 bits per heavy atom. The van der Waals surface area contributed by atoms with Gasteiger partial charge in [-0.2, -0.15) is 0 Å². The summed E-state index contributed by atoms with van der Waals surface area (Å²) in [5.41, 5.74) is 3.67. The molecule has 9 heteroatoms. The van der Waals surface area contributed by atoms with Crippen molar-refractivity contribution in [2.75, 3.05) is 20.3 Å². The second kappa shape index (κ2) is 13.5. The summed E-state index contributed by atoms with van der Waals surface area (Å²) in [5.74, 6) is 0.136. The number of carbonyl (C=O) groups excluding carboxylic acids is 2. The van der Waals surface area contributed by atoms with E-state index in [0.717, 1.165) is 23.2 Å². The first-order chi connectivity index (χ1) is 18.9. The lowest BCUT2D eigenvalue weighted by Crippen LogP contribution is -2.39. The van der Waals surface area contributed by atoms with Crippen LogP contribution in [-0.2, 0) is 25.7 Å². The molecule has 1 amide bonds. The number of hydrogen-bond acceptors (Lipinski definition) is 8. The van der Waals surface area contributed by atoms with E-state index in [0.29, 0.717) is 35.4 Å². The standard InChI is InChI=1S/C30H35N3O5S/c1-5-20(2)31-26(34)17-24-19-39-30-32-21(3)27(29(35)37-15-14-36-4)28(33(24)30)23-12-9-13-25(16-23)38-18-22-10-7-6-8-11-22/h6-13,16,19-20,28H,5,14-15,17-18H2,1-4H3,(H,31,34). The minimum absolute atomic E-state index is 0.0735. The van der Waals surface area contributed by atoms with Crippen LogP contribution in [0.5, 0.6) is 5.75 Å². The highest BCUT2D eigenvalue weighted by Crippen LogP contribution is 2.45. The Labute approximate surface area is 234 Å². The molecule has 0 aromatic heterocycles. The maximum absolute atomic E-state index is 13.4. The molecule has 1 N–H and O–H groups in total. The van der Waals surface area contributed by atoms with Gasteiger partial charge >= 0.3 is 5.97 Å². The number of carbonyl (C=O) groups is 2. The molecular weight excluding hydrogens is 514 g/mol. The van der Waals surface area contributed by atoms with E-state index in [1.807, 2.05) is 85.7 Å². The SMILES string of the molecule is CCC(C)NC(=O)CC1=CSC2=NC(C)=C(C(=O)OCCOC)C(c3cccc(OCc4ccccc4)c3)N12. The van der Waals surface area contributed by atoms with Gasteiger partial charge < -0.3 is 24.4 Å². The highest BCUT2D eigenvalue weighted by atomic mass is 32.2. The van der Waals surface area contributed by atoms with E-state index in [9.17, 15) is 9.59 Å². The lowest BCUT2D eigenvalue weighted by Gasteiger charge is -2.36. The highest BCUT2D eigenvalue weighted by Gasteiger charge is 2.41. The lowest BCUT2D eigenvalue weighted by molar-refractivity contribution is -0.141. The van der Waals surface area contributed by atoms with E-state index in [-0.39, 0.29) is 25.0 Å². The number of ether oxygens (including phenoxy) is 3. The van der Waals surface area contributed by atoms with Crippen LogP contribution in [-0.4, -0.2) is 48.3 Å². The number of aliphatic imine (C=N–C) groups is 1. The van der Waals surface area contributed by atoms with Crippen molar-refractivity contribution in [2.45, 2.75) is 52.3 Å². The number of amides is 1. The fourth-order valence-electron chi connectivity index (χ4n) is 4.35. The molecule has 2 heterocycles. The fraction of sp³-hybridized carbons (Fsp3) is 0.367. The number of thioether (sulfide) groups is 1. The first-order valence-electron chi connectivity index (χ1n) is 13.1. The summed E-state index contributed by atoms with van der Waals surface area (Å²) in [4.78, 5) is 32.9. The van der Waals surface area contributed by atoms with Crippen molar-refractivity contribution in [3.63, 3.8) is 0 Å². The molecule has 0 spiro atoms. The maximum Gasteiger partial charge on any atom is 0.338 e. The molecule has 39 heavy (non-hydrogen) atoms. The van der Waals surface area contributed by atoms with Crippen molar-refractivity contribution in [3.8, 4) is 5.75 Å². The van der Waals surface area contributed by atoms with Crippen LogP contribution >= 0.6 is 11.8 Å². The van der Waals surface area contributed by atoms with Crippen molar-refractivity contribution in [3.05, 3.63) is 88.1 Å². The van der Waals surface area contributed by atoms with Gasteiger partial charge in [0.25, 0.3) is 0 Å². The molecule has 0 aliphatic carbocycles. The summed E-state index contributed by atoms with van der Waals surface area (Å²) in [6, 6.07) is 17.2. The number of rotatable bonds is 12. The molecule has 2 aromatic rings. The molecule has 2 aliphatic rings. The lowest BCUT2D eigenvalue weighted by atomic mass is 9.93. The molecule has 206 valence electrons. The summed E-state index contributed by atoms with van der Waals surface area (Å²) < 4.78 is 16.7. The van der Waals surface area contributed by atoms with Gasteiger partial charge in [-0.1, -0.05) is 61.2 Å². The van der Waals surface area contributed by atoms with Gasteiger partial charge in [-0.3, -0.25) is 4.79 Å². The van der Waals surface area contributed by atoms with Crippen molar-refractivity contribution in [2.24, 2.45) is 4.99 Å². The minimum Gasteiger partial charge on any atom is -0.489 e. The van der Waals surface area contributed by atoms with E-state index in [1.165, 1.54) is 11.8 Å². The maximum atomic E-state index is 13.4. The van der Waals surface area contributed by atoms with E-state index < -0.39 is 12.0 Å². The predicted octanol–water partition coefficient (Wildman–Crippen LogP) is 5.33. The largest absolute Gasteiger partial charge is 0.489 e. The first kappa shape index (κ1) is 28.4. The molecule has 0 fully saturated rings. The van der Waals surface area contributed by atoms with Crippen LogP contribution in [0.15, 0.2) is 82.0 Å². The summed E-state index contributed by atoms with van der Waals surface area (Å²) in [7, 11) is 1.56. The number of methoxy groups -OCH3 is 1. The molecule has 2 aliphatic heterocycles. The number of hydrogen-bond donors (Lipinski definition) is 1. The third-order valence-electron chi connectivity index (χ3n) is 6.52. The molecular formula is C30H35N3O5S. The van der Waals surface area contributed by atoms with Gasteiger partial charge in [0.2, 0.25) is 5.91 Å². The van der Waals surface area contributed by atoms with E-state index >= 15 is 0 Å². The third-order valence-corrected chi connectivity index (χ3v) is 7.41. The Morgan fingerprint density at radius 2 is 1.92 bits per heavy atom. The van der Waals surface area contributed by atoms with Gasteiger partial charge in [-0.25, -0.2) is 9.79 Å². The Kier molecular flexibility index (Phi) is 9.84. The molecule has 8 nitrogen and oxygen atoms in total. The van der Waals surface area contributed by atoms with Gasteiger partial charge in [0, 0.05) is 18.8 Å². The van der Waals surface area contributed by atoms with Gasteiger partial charge in [0.05, 0.1) is 30.3 Å². The smallest absolute Gasteiger partial charge is 0.338 e. The molecule has 2 atom stereocenters. The Bertz CT molecular complexity index is 1270. The molecule has 0 radical (unpaired) electrons. The van der Waals surface area contributed by atoms with Crippen molar-refractivity contribution >= 4 is 28.8 Å². The van der Waals surface area contributed by atoms with Gasteiger partial charge in [-0.05, 0) is 48.9 Å². The quantitative estimate of drug-likeness (QED) is 0.283. The van der Waals surface area contributed by atoms with Crippen LogP contribution in [0.1, 0.15) is 50.8 Å². The predicted molar refractivity (Wildman–Crippen MR) is 153 cm³/mol. The van der Waals surface area contributed by atoms with Crippen molar-refractivity contribution in [1.29, 1.82) is 0 Å². The zero-order valence-electron chi connectivity index (χ0n) is 22.8. The van der Waals surface area contributed by atoms with Crippen molar-refractivity contribution in [1.82, 2.24) is 10.2 Å². The minimum atomic E-state index is -0.537. The number of nitrogens with zero attached hydrogens (tertiary/aromatic N) is 2. The van der Waals surface area contributed by atoms with Crippen LogP contribution in [0.3, 0.4) is 0 Å². The molecule has 2 aromatic carbocycles.